The number of likely N-dealkylation sites (N-methyl/N-ethyl adjacent to an activating group) is 1. The van der Waals surface area contributed by atoms with E-state index in [1.54, 1.807) is 17.6 Å². The molecule has 1 aliphatic heterocycles. The summed E-state index contributed by atoms with van der Waals surface area (Å²) in [5, 5.41) is 4.73. The zero-order valence-corrected chi connectivity index (χ0v) is 17.1. The largest absolute Gasteiger partial charge is 0.464 e. The number of rotatable bonds is 4. The molecular weight excluding hydrogens is 358 g/mol. The Morgan fingerprint density at radius 1 is 1.41 bits per heavy atom. The van der Waals surface area contributed by atoms with E-state index in [4.69, 9.17) is 4.42 Å². The number of hydrogen-bond donors (Lipinski definition) is 2. The van der Waals surface area contributed by atoms with Gasteiger partial charge >= 0.3 is 0 Å². The van der Waals surface area contributed by atoms with Crippen LogP contribution in [0.15, 0.2) is 22.8 Å². The molecule has 6 heteroatoms. The molecule has 0 fully saturated rings. The van der Waals surface area contributed by atoms with E-state index in [0.717, 1.165) is 41.7 Å². The molecule has 27 heavy (non-hydrogen) atoms. The molecule has 142 valence electrons. The van der Waals surface area contributed by atoms with E-state index in [1.807, 2.05) is 0 Å². The number of furan rings is 1. The zero-order chi connectivity index (χ0) is 19.1. The van der Waals surface area contributed by atoms with E-state index in [1.165, 1.54) is 20.9 Å². The van der Waals surface area contributed by atoms with Crippen LogP contribution >= 0.6 is 11.3 Å². The van der Waals surface area contributed by atoms with Crippen LogP contribution in [0.25, 0.3) is 11.0 Å². The number of anilines is 1. The van der Waals surface area contributed by atoms with Crippen molar-refractivity contribution >= 4 is 33.3 Å². The Bertz CT molecular complexity index is 1000. The van der Waals surface area contributed by atoms with Crippen LogP contribution in [0, 0.1) is 6.92 Å². The third kappa shape index (κ3) is 3.64. The van der Waals surface area contributed by atoms with Crippen LogP contribution in [0.2, 0.25) is 0 Å². The molecule has 3 heterocycles. The summed E-state index contributed by atoms with van der Waals surface area (Å²) in [5.74, 6) is 0.393. The first-order valence-corrected chi connectivity index (χ1v) is 10.3. The quantitative estimate of drug-likeness (QED) is 0.727. The first kappa shape index (κ1) is 18.2. The number of fused-ring (bicyclic) bond motifs is 2. The van der Waals surface area contributed by atoms with Crippen molar-refractivity contribution in [2.75, 3.05) is 18.9 Å². The fourth-order valence-electron chi connectivity index (χ4n) is 3.80. The summed E-state index contributed by atoms with van der Waals surface area (Å²) in [6.45, 7) is 8.57. The summed E-state index contributed by atoms with van der Waals surface area (Å²) in [6, 6.07) is 4.24. The molecule has 1 atom stereocenters. The van der Waals surface area contributed by atoms with Crippen LogP contribution < -0.4 is 10.2 Å². The minimum Gasteiger partial charge on any atom is -0.464 e. The second-order valence-electron chi connectivity index (χ2n) is 7.87. The van der Waals surface area contributed by atoms with Gasteiger partial charge in [0.25, 0.3) is 0 Å². The number of nitrogens with zero attached hydrogens (tertiary/aromatic N) is 1. The van der Waals surface area contributed by atoms with E-state index in [0.29, 0.717) is 17.5 Å². The van der Waals surface area contributed by atoms with Gasteiger partial charge in [-0.15, -0.1) is 0 Å². The Hall–Kier alpha value is -2.18. The molecule has 0 bridgehead atoms. The summed E-state index contributed by atoms with van der Waals surface area (Å²) in [6.07, 6.45) is 2.99. The minimum atomic E-state index is -0.0452. The second-order valence-corrected chi connectivity index (χ2v) is 8.95. The molecule has 5 nitrogen and oxygen atoms in total. The van der Waals surface area contributed by atoms with Crippen molar-refractivity contribution in [3.8, 4) is 0 Å². The number of carbonyl (C=O) groups is 1. The Morgan fingerprint density at radius 2 is 2.22 bits per heavy atom. The maximum atomic E-state index is 12.6. The third-order valence-corrected chi connectivity index (χ3v) is 6.30. The average Bonchev–Trinajstić information content (AvgIpc) is 3.16. The molecule has 1 aromatic carbocycles. The van der Waals surface area contributed by atoms with Crippen molar-refractivity contribution in [3.05, 3.63) is 45.7 Å². The third-order valence-electron chi connectivity index (χ3n) is 5.29. The molecule has 2 N–H and O–H groups in total. The highest BCUT2D eigenvalue weighted by molar-refractivity contribution is 7.15. The number of amides is 1. The van der Waals surface area contributed by atoms with E-state index in [-0.39, 0.29) is 5.91 Å². The van der Waals surface area contributed by atoms with Gasteiger partial charge in [-0.1, -0.05) is 25.2 Å². The highest BCUT2D eigenvalue weighted by Gasteiger charge is 2.22. The summed E-state index contributed by atoms with van der Waals surface area (Å²) >= 11 is 1.60. The van der Waals surface area contributed by atoms with E-state index < -0.39 is 0 Å². The van der Waals surface area contributed by atoms with Crippen LogP contribution in [-0.2, 0) is 24.2 Å². The van der Waals surface area contributed by atoms with Crippen LogP contribution in [0.1, 0.15) is 47.0 Å². The number of aryl methyl sites for hydroxylation is 1. The van der Waals surface area contributed by atoms with Crippen molar-refractivity contribution in [1.29, 1.82) is 0 Å². The number of quaternary nitrogens is 1. The van der Waals surface area contributed by atoms with Gasteiger partial charge in [-0.25, -0.2) is 4.98 Å². The maximum absolute atomic E-state index is 12.6. The molecule has 2 aromatic heterocycles. The van der Waals surface area contributed by atoms with Crippen molar-refractivity contribution in [2.45, 2.75) is 46.1 Å². The summed E-state index contributed by atoms with van der Waals surface area (Å²) in [4.78, 5) is 20.0. The lowest BCUT2D eigenvalue weighted by atomic mass is 9.95. The van der Waals surface area contributed by atoms with Crippen LogP contribution in [-0.4, -0.2) is 24.5 Å². The first-order valence-electron chi connectivity index (χ1n) is 9.51. The topological polar surface area (TPSA) is 59.6 Å². The summed E-state index contributed by atoms with van der Waals surface area (Å²) < 4.78 is 5.70. The number of aromatic nitrogens is 1. The molecule has 0 saturated heterocycles. The number of hydrogen-bond acceptors (Lipinski definition) is 4. The Kier molecular flexibility index (Phi) is 4.78. The fraction of sp³-hybridized carbons (Fsp3) is 0.429. The van der Waals surface area contributed by atoms with Gasteiger partial charge in [0, 0.05) is 17.4 Å². The Balaban J connectivity index is 1.52. The van der Waals surface area contributed by atoms with Crippen molar-refractivity contribution < 1.29 is 14.1 Å². The van der Waals surface area contributed by atoms with Crippen molar-refractivity contribution in [1.82, 2.24) is 4.98 Å². The van der Waals surface area contributed by atoms with Crippen LogP contribution in [0.3, 0.4) is 0 Å². The summed E-state index contributed by atoms with van der Waals surface area (Å²) in [5.41, 5.74) is 5.44. The lowest BCUT2D eigenvalue weighted by Crippen LogP contribution is -3.08. The summed E-state index contributed by atoms with van der Waals surface area (Å²) in [7, 11) is 2.19. The molecule has 4 rings (SSSR count). The van der Waals surface area contributed by atoms with Crippen molar-refractivity contribution in [2.24, 2.45) is 0 Å². The van der Waals surface area contributed by atoms with Gasteiger partial charge in [0.05, 0.1) is 36.8 Å². The number of nitrogens with one attached hydrogen (secondary N) is 2. The highest BCUT2D eigenvalue weighted by atomic mass is 32.1. The van der Waals surface area contributed by atoms with E-state index in [2.05, 4.69) is 50.3 Å². The number of carbonyl (C=O) groups excluding carboxylic acids is 1. The lowest BCUT2D eigenvalue weighted by Gasteiger charge is -2.17. The second kappa shape index (κ2) is 7.09. The first-order chi connectivity index (χ1) is 12.9. The van der Waals surface area contributed by atoms with Gasteiger partial charge in [0.2, 0.25) is 5.91 Å². The predicted molar refractivity (Wildman–Crippen MR) is 109 cm³/mol. The van der Waals surface area contributed by atoms with Gasteiger partial charge in [-0.2, -0.15) is 0 Å². The SMILES string of the molecule is Cc1cc2occ(CC(=O)Nc3nc4c(s3)C[NH+](C)CC4)c2cc1C(C)C. The average molecular weight is 385 g/mol. The Labute approximate surface area is 163 Å². The van der Waals surface area contributed by atoms with Gasteiger partial charge < -0.3 is 14.6 Å². The zero-order valence-electron chi connectivity index (χ0n) is 16.3. The maximum Gasteiger partial charge on any atom is 0.230 e. The molecular formula is C21H26N3O2S+. The van der Waals surface area contributed by atoms with Gasteiger partial charge in [0.1, 0.15) is 12.1 Å². The number of thiazole rings is 1. The molecule has 0 saturated carbocycles. The fourth-order valence-corrected chi connectivity index (χ4v) is 4.94. The number of benzene rings is 1. The van der Waals surface area contributed by atoms with E-state index >= 15 is 0 Å². The molecule has 0 radical (unpaired) electrons. The Morgan fingerprint density at radius 3 is 3.00 bits per heavy atom. The lowest BCUT2D eigenvalue weighted by molar-refractivity contribution is -0.895. The van der Waals surface area contributed by atoms with Crippen LogP contribution in [0.5, 0.6) is 0 Å². The molecule has 1 amide bonds. The van der Waals surface area contributed by atoms with Gasteiger partial charge in [0.15, 0.2) is 5.13 Å². The minimum absolute atomic E-state index is 0.0452. The molecule has 3 aromatic rings. The van der Waals surface area contributed by atoms with E-state index in [9.17, 15) is 4.79 Å². The normalized spacial score (nSPS) is 16.7. The molecule has 0 spiro atoms. The van der Waals surface area contributed by atoms with Gasteiger partial charge in [-0.3, -0.25) is 4.79 Å². The molecule has 1 aliphatic rings. The highest BCUT2D eigenvalue weighted by Crippen LogP contribution is 2.30. The predicted octanol–water partition coefficient (Wildman–Crippen LogP) is 3.07. The smallest absolute Gasteiger partial charge is 0.230 e. The standard InChI is InChI=1S/C21H25N3O2S/c1-12(2)15-9-16-14(11-26-18(16)7-13(15)3)8-20(25)23-21-22-17-5-6-24(4)10-19(17)27-21/h7,9,11-12H,5-6,8,10H2,1-4H3,(H,22,23,25)/p+1. The van der Waals surface area contributed by atoms with Crippen molar-refractivity contribution in [3.63, 3.8) is 0 Å². The molecule has 1 unspecified atom stereocenters. The monoisotopic (exact) mass is 384 g/mol. The van der Waals surface area contributed by atoms with Crippen LogP contribution in [0.4, 0.5) is 5.13 Å². The van der Waals surface area contributed by atoms with Gasteiger partial charge in [-0.05, 0) is 36.1 Å². The molecule has 0 aliphatic carbocycles.